The van der Waals surface area contributed by atoms with Crippen LogP contribution in [0, 0.1) is 11.8 Å². The second-order valence-electron chi connectivity index (χ2n) is 8.55. The van der Waals surface area contributed by atoms with E-state index in [9.17, 15) is 4.79 Å². The summed E-state index contributed by atoms with van der Waals surface area (Å²) in [5.74, 6) is 1.66. The summed E-state index contributed by atoms with van der Waals surface area (Å²) in [6, 6.07) is 2.27. The van der Waals surface area contributed by atoms with Gasteiger partial charge in [-0.2, -0.15) is 0 Å². The summed E-state index contributed by atoms with van der Waals surface area (Å²) < 4.78 is 5.42. The number of anilines is 2. The highest BCUT2D eigenvalue weighted by Gasteiger charge is 2.25. The molecule has 0 bridgehead atoms. The third-order valence-corrected chi connectivity index (χ3v) is 6.61. The Morgan fingerprint density at radius 3 is 2.78 bits per heavy atom. The van der Waals surface area contributed by atoms with Gasteiger partial charge in [0, 0.05) is 44.1 Å². The van der Waals surface area contributed by atoms with Gasteiger partial charge in [-0.25, -0.2) is 9.97 Å². The van der Waals surface area contributed by atoms with Crippen molar-refractivity contribution in [3.05, 3.63) is 29.7 Å². The zero-order chi connectivity index (χ0) is 22.3. The summed E-state index contributed by atoms with van der Waals surface area (Å²) in [4.78, 5) is 26.0. The van der Waals surface area contributed by atoms with E-state index in [1.165, 1.54) is 0 Å². The Balaban J connectivity index is 1.41. The zero-order valence-electron chi connectivity index (χ0n) is 18.4. The van der Waals surface area contributed by atoms with E-state index in [0.29, 0.717) is 46.4 Å². The number of pyridine rings is 1. The average molecular weight is 459 g/mol. The molecule has 172 valence electrons. The van der Waals surface area contributed by atoms with Gasteiger partial charge in [0.2, 0.25) is 5.91 Å². The Bertz CT molecular complexity index is 913. The Morgan fingerprint density at radius 1 is 1.19 bits per heavy atom. The van der Waals surface area contributed by atoms with Gasteiger partial charge in [0.15, 0.2) is 0 Å². The summed E-state index contributed by atoms with van der Waals surface area (Å²) in [6.07, 6.45) is 10.00. The lowest BCUT2D eigenvalue weighted by molar-refractivity contribution is -0.120. The number of aromatic nitrogens is 3. The fourth-order valence-corrected chi connectivity index (χ4v) is 4.40. The van der Waals surface area contributed by atoms with Gasteiger partial charge in [0.25, 0.3) is 0 Å². The first-order valence-corrected chi connectivity index (χ1v) is 11.8. The van der Waals surface area contributed by atoms with Gasteiger partial charge in [-0.1, -0.05) is 18.5 Å². The maximum absolute atomic E-state index is 12.7. The van der Waals surface area contributed by atoms with E-state index >= 15 is 0 Å². The minimum absolute atomic E-state index is 0.0224. The number of rotatable bonds is 7. The number of nitrogens with zero attached hydrogens (tertiary/aromatic N) is 3. The maximum Gasteiger partial charge on any atom is 0.229 e. The third-order valence-electron chi connectivity index (χ3n) is 6.31. The van der Waals surface area contributed by atoms with Crippen molar-refractivity contribution in [1.82, 2.24) is 20.3 Å². The molecule has 2 aromatic rings. The Hall–Kier alpha value is -2.29. The Kier molecular flexibility index (Phi) is 7.89. The molecular weight excluding hydrogens is 428 g/mol. The van der Waals surface area contributed by atoms with Crippen LogP contribution in [0.2, 0.25) is 5.02 Å². The van der Waals surface area contributed by atoms with Crippen molar-refractivity contribution in [2.24, 2.45) is 11.8 Å². The highest BCUT2D eigenvalue weighted by molar-refractivity contribution is 6.33. The zero-order valence-corrected chi connectivity index (χ0v) is 19.2. The molecule has 1 amide bonds. The van der Waals surface area contributed by atoms with E-state index in [1.807, 2.05) is 0 Å². The van der Waals surface area contributed by atoms with Gasteiger partial charge in [0.05, 0.1) is 29.0 Å². The second kappa shape index (κ2) is 11.0. The van der Waals surface area contributed by atoms with E-state index in [0.717, 1.165) is 51.9 Å². The topological polar surface area (TPSA) is 101 Å². The van der Waals surface area contributed by atoms with Gasteiger partial charge in [-0.05, 0) is 44.1 Å². The second-order valence-corrected chi connectivity index (χ2v) is 8.96. The lowest BCUT2D eigenvalue weighted by Crippen LogP contribution is -2.43. The van der Waals surface area contributed by atoms with E-state index in [-0.39, 0.29) is 11.8 Å². The van der Waals surface area contributed by atoms with Gasteiger partial charge in [-0.15, -0.1) is 0 Å². The van der Waals surface area contributed by atoms with Crippen molar-refractivity contribution in [1.29, 1.82) is 0 Å². The normalized spacial score (nSPS) is 21.8. The number of piperidine rings is 1. The molecule has 2 aliphatic rings. The van der Waals surface area contributed by atoms with Crippen molar-refractivity contribution in [2.75, 3.05) is 36.9 Å². The van der Waals surface area contributed by atoms with Gasteiger partial charge in [-0.3, -0.25) is 9.78 Å². The monoisotopic (exact) mass is 458 g/mol. The van der Waals surface area contributed by atoms with Crippen LogP contribution in [0.4, 0.5) is 11.6 Å². The van der Waals surface area contributed by atoms with Gasteiger partial charge < -0.3 is 20.7 Å². The Labute approximate surface area is 193 Å². The third kappa shape index (κ3) is 5.94. The number of halogens is 1. The van der Waals surface area contributed by atoms with Crippen LogP contribution in [0.3, 0.4) is 0 Å². The van der Waals surface area contributed by atoms with Crippen LogP contribution in [0.15, 0.2) is 24.7 Å². The molecule has 2 aromatic heterocycles. The molecule has 2 unspecified atom stereocenters. The smallest absolute Gasteiger partial charge is 0.229 e. The molecule has 0 radical (unpaired) electrons. The fourth-order valence-electron chi connectivity index (χ4n) is 4.20. The first-order valence-electron chi connectivity index (χ1n) is 11.5. The van der Waals surface area contributed by atoms with E-state index in [2.05, 4.69) is 37.8 Å². The predicted molar refractivity (Wildman–Crippen MR) is 126 cm³/mol. The van der Waals surface area contributed by atoms with Crippen LogP contribution < -0.4 is 16.0 Å². The molecule has 2 atom stereocenters. The van der Waals surface area contributed by atoms with Crippen LogP contribution in [-0.4, -0.2) is 53.2 Å². The number of carbonyl (C=O) groups is 1. The van der Waals surface area contributed by atoms with Crippen LogP contribution in [0.5, 0.6) is 0 Å². The Morgan fingerprint density at radius 2 is 2.03 bits per heavy atom. The molecule has 2 aliphatic heterocycles. The minimum Gasteiger partial charge on any atom is -0.381 e. The van der Waals surface area contributed by atoms with Crippen LogP contribution >= 0.6 is 11.6 Å². The molecule has 8 nitrogen and oxygen atoms in total. The van der Waals surface area contributed by atoms with Crippen molar-refractivity contribution in [3.63, 3.8) is 0 Å². The van der Waals surface area contributed by atoms with Crippen LogP contribution in [-0.2, 0) is 9.53 Å². The maximum atomic E-state index is 12.7. The molecule has 0 spiro atoms. The lowest BCUT2D eigenvalue weighted by atomic mass is 9.93. The predicted octanol–water partition coefficient (Wildman–Crippen LogP) is 3.75. The first-order chi connectivity index (χ1) is 15.6. The van der Waals surface area contributed by atoms with E-state index in [1.54, 1.807) is 24.7 Å². The fraction of sp³-hybridized carbons (Fsp3) is 0.565. The van der Waals surface area contributed by atoms with Crippen LogP contribution in [0.1, 0.15) is 39.0 Å². The molecule has 0 aromatic carbocycles. The van der Waals surface area contributed by atoms with E-state index in [4.69, 9.17) is 16.3 Å². The number of carbonyl (C=O) groups excluding carboxylic acids is 1. The molecule has 9 heteroatoms. The highest BCUT2D eigenvalue weighted by atomic mass is 35.5. The SMILES string of the molecule is CCC1CCC(C(=O)Nc2cc(-c3cncc(NCC4CCOCC4)n3)c(Cl)cn2)CN1. The molecule has 2 saturated heterocycles. The summed E-state index contributed by atoms with van der Waals surface area (Å²) in [5, 5.41) is 10.2. The van der Waals surface area contributed by atoms with Crippen molar-refractivity contribution in [3.8, 4) is 11.3 Å². The van der Waals surface area contributed by atoms with Gasteiger partial charge in [0.1, 0.15) is 11.6 Å². The molecular formula is C23H31ClN6O2. The molecule has 4 rings (SSSR count). The summed E-state index contributed by atoms with van der Waals surface area (Å²) in [6.45, 7) is 5.32. The summed E-state index contributed by atoms with van der Waals surface area (Å²) in [7, 11) is 0. The molecule has 0 saturated carbocycles. The largest absolute Gasteiger partial charge is 0.381 e. The first kappa shape index (κ1) is 22.9. The molecule has 0 aliphatic carbocycles. The molecule has 4 heterocycles. The molecule has 2 fully saturated rings. The quantitative estimate of drug-likeness (QED) is 0.580. The number of hydrogen-bond donors (Lipinski definition) is 3. The number of amides is 1. The van der Waals surface area contributed by atoms with Crippen LogP contribution in [0.25, 0.3) is 11.3 Å². The lowest BCUT2D eigenvalue weighted by Gasteiger charge is -2.28. The number of ether oxygens (including phenoxy) is 1. The number of hydrogen-bond acceptors (Lipinski definition) is 7. The number of nitrogens with one attached hydrogen (secondary N) is 3. The summed E-state index contributed by atoms with van der Waals surface area (Å²) in [5.41, 5.74) is 1.32. The van der Waals surface area contributed by atoms with E-state index < -0.39 is 0 Å². The summed E-state index contributed by atoms with van der Waals surface area (Å²) >= 11 is 6.41. The molecule has 32 heavy (non-hydrogen) atoms. The van der Waals surface area contributed by atoms with Crippen molar-refractivity contribution in [2.45, 2.75) is 45.1 Å². The highest BCUT2D eigenvalue weighted by Crippen LogP contribution is 2.29. The van der Waals surface area contributed by atoms with Crippen molar-refractivity contribution >= 4 is 29.1 Å². The standard InChI is InChI=1S/C23H31ClN6O2/c1-2-17-4-3-16(11-26-17)23(31)30-21-9-18(19(24)12-28-21)20-13-25-14-22(29-20)27-10-15-5-7-32-8-6-15/h9,12-17,26H,2-8,10-11H2,1H3,(H,27,29)(H,28,30,31). The van der Waals surface area contributed by atoms with Crippen molar-refractivity contribution < 1.29 is 9.53 Å². The molecule has 3 N–H and O–H groups in total. The van der Waals surface area contributed by atoms with Gasteiger partial charge >= 0.3 is 0 Å². The minimum atomic E-state index is -0.0590. The average Bonchev–Trinajstić information content (AvgIpc) is 2.85.